The molecule has 0 aliphatic carbocycles. The lowest BCUT2D eigenvalue weighted by molar-refractivity contribution is -0.144. The highest BCUT2D eigenvalue weighted by atomic mass is 16.4. The molecule has 2 atom stereocenters. The molecule has 0 aromatic heterocycles. The number of carboxylic acids is 1. The van der Waals surface area contributed by atoms with Crippen molar-refractivity contribution in [2.75, 3.05) is 18.4 Å². The maximum Gasteiger partial charge on any atom is 0.326 e. The molecule has 1 saturated heterocycles. The fraction of sp³-hybridized carbons (Fsp3) is 0.500. The van der Waals surface area contributed by atoms with Crippen LogP contribution in [0.1, 0.15) is 35.7 Å². The third kappa shape index (κ3) is 2.60. The molecule has 2 N–H and O–H groups in total. The predicted molar refractivity (Wildman–Crippen MR) is 79.5 cm³/mol. The van der Waals surface area contributed by atoms with Crippen molar-refractivity contribution < 1.29 is 14.7 Å². The molecule has 1 aromatic carbocycles. The normalized spacial score (nSPS) is 24.3. The fourth-order valence-corrected chi connectivity index (χ4v) is 3.21. The van der Waals surface area contributed by atoms with Gasteiger partial charge in [-0.1, -0.05) is 13.0 Å². The number of nitrogens with one attached hydrogen (secondary N) is 1. The number of carboxylic acid groups (broad SMARTS) is 1. The Labute approximate surface area is 123 Å². The number of aliphatic carboxylic acids is 1. The van der Waals surface area contributed by atoms with Crippen molar-refractivity contribution in [3.63, 3.8) is 0 Å². The van der Waals surface area contributed by atoms with Crippen LogP contribution in [0.5, 0.6) is 0 Å². The van der Waals surface area contributed by atoms with Crippen LogP contribution in [0.3, 0.4) is 0 Å². The molecule has 3 rings (SSSR count). The fourth-order valence-electron chi connectivity index (χ4n) is 3.21. The van der Waals surface area contributed by atoms with Gasteiger partial charge < -0.3 is 15.3 Å². The standard InChI is InChI=1S/C16H20N2O3/c1-10-5-7-18(14(8-10)16(20)21)15(19)12-3-2-11-4-6-17-13(11)9-12/h2-3,9-10,14,17H,4-8H2,1H3,(H,20,21). The van der Waals surface area contributed by atoms with Crippen molar-refractivity contribution in [3.05, 3.63) is 29.3 Å². The molecule has 21 heavy (non-hydrogen) atoms. The summed E-state index contributed by atoms with van der Waals surface area (Å²) in [5.41, 5.74) is 2.79. The first-order valence-corrected chi connectivity index (χ1v) is 7.47. The summed E-state index contributed by atoms with van der Waals surface area (Å²) in [5.74, 6) is -0.739. The number of rotatable bonds is 2. The van der Waals surface area contributed by atoms with Crippen molar-refractivity contribution in [1.82, 2.24) is 4.90 Å². The molecule has 5 heteroatoms. The SMILES string of the molecule is CC1CCN(C(=O)c2ccc3c(c2)NCC3)C(C(=O)O)C1. The van der Waals surface area contributed by atoms with Crippen LogP contribution < -0.4 is 5.32 Å². The van der Waals surface area contributed by atoms with E-state index in [0.29, 0.717) is 24.4 Å². The molecular weight excluding hydrogens is 268 g/mol. The first-order valence-electron chi connectivity index (χ1n) is 7.47. The van der Waals surface area contributed by atoms with E-state index in [4.69, 9.17) is 0 Å². The van der Waals surface area contributed by atoms with Gasteiger partial charge in [-0.3, -0.25) is 4.79 Å². The number of anilines is 1. The number of piperidine rings is 1. The van der Waals surface area contributed by atoms with Gasteiger partial charge >= 0.3 is 5.97 Å². The molecule has 2 aliphatic heterocycles. The van der Waals surface area contributed by atoms with Crippen LogP contribution in [0.15, 0.2) is 18.2 Å². The van der Waals surface area contributed by atoms with Crippen molar-refractivity contribution >= 4 is 17.6 Å². The van der Waals surface area contributed by atoms with Gasteiger partial charge in [0.2, 0.25) is 0 Å². The maximum absolute atomic E-state index is 12.7. The van der Waals surface area contributed by atoms with Crippen molar-refractivity contribution in [2.45, 2.75) is 32.2 Å². The molecule has 2 unspecified atom stereocenters. The number of hydrogen-bond donors (Lipinski definition) is 2. The number of likely N-dealkylation sites (tertiary alicyclic amines) is 1. The topological polar surface area (TPSA) is 69.6 Å². The molecule has 1 aromatic rings. The van der Waals surface area contributed by atoms with E-state index >= 15 is 0 Å². The first kappa shape index (κ1) is 13.9. The molecule has 112 valence electrons. The largest absolute Gasteiger partial charge is 0.480 e. The highest BCUT2D eigenvalue weighted by molar-refractivity contribution is 5.97. The van der Waals surface area contributed by atoms with Crippen LogP contribution in [0.2, 0.25) is 0 Å². The Bertz CT molecular complexity index is 585. The van der Waals surface area contributed by atoms with Gasteiger partial charge in [-0.2, -0.15) is 0 Å². The highest BCUT2D eigenvalue weighted by Gasteiger charge is 2.35. The molecule has 0 spiro atoms. The van der Waals surface area contributed by atoms with E-state index in [0.717, 1.165) is 25.1 Å². The molecule has 0 saturated carbocycles. The molecule has 2 aliphatic rings. The lowest BCUT2D eigenvalue weighted by Crippen LogP contribution is -2.49. The van der Waals surface area contributed by atoms with Gasteiger partial charge in [-0.15, -0.1) is 0 Å². The number of hydrogen-bond acceptors (Lipinski definition) is 3. The summed E-state index contributed by atoms with van der Waals surface area (Å²) in [6.07, 6.45) is 2.37. The minimum atomic E-state index is -0.908. The lowest BCUT2D eigenvalue weighted by atomic mass is 9.91. The van der Waals surface area contributed by atoms with Crippen molar-refractivity contribution in [1.29, 1.82) is 0 Å². The Morgan fingerprint density at radius 2 is 2.19 bits per heavy atom. The van der Waals surface area contributed by atoms with Crippen LogP contribution >= 0.6 is 0 Å². The van der Waals surface area contributed by atoms with Crippen LogP contribution in [0, 0.1) is 5.92 Å². The summed E-state index contributed by atoms with van der Waals surface area (Å²) in [6, 6.07) is 4.92. The zero-order valence-electron chi connectivity index (χ0n) is 12.1. The van der Waals surface area contributed by atoms with E-state index in [1.807, 2.05) is 25.1 Å². The van der Waals surface area contributed by atoms with E-state index in [2.05, 4.69) is 5.32 Å². The second kappa shape index (κ2) is 5.39. The summed E-state index contributed by atoms with van der Waals surface area (Å²) in [5, 5.41) is 12.6. The summed E-state index contributed by atoms with van der Waals surface area (Å²) >= 11 is 0. The number of benzene rings is 1. The molecule has 2 heterocycles. The second-order valence-corrected chi connectivity index (χ2v) is 6.03. The number of carbonyl (C=O) groups excluding carboxylic acids is 1. The monoisotopic (exact) mass is 288 g/mol. The average molecular weight is 288 g/mol. The molecule has 0 radical (unpaired) electrons. The van der Waals surface area contributed by atoms with Crippen LogP contribution in [0.4, 0.5) is 5.69 Å². The van der Waals surface area contributed by atoms with E-state index in [1.165, 1.54) is 10.5 Å². The zero-order valence-corrected chi connectivity index (χ0v) is 12.1. The average Bonchev–Trinajstić information content (AvgIpc) is 2.93. The molecule has 0 bridgehead atoms. The summed E-state index contributed by atoms with van der Waals surface area (Å²) in [7, 11) is 0. The second-order valence-electron chi connectivity index (χ2n) is 6.03. The highest BCUT2D eigenvalue weighted by Crippen LogP contribution is 2.27. The van der Waals surface area contributed by atoms with Gasteiger partial charge in [-0.05, 0) is 42.9 Å². The van der Waals surface area contributed by atoms with Crippen molar-refractivity contribution in [3.8, 4) is 0 Å². The number of amides is 1. The molecular formula is C16H20N2O3. The Kier molecular flexibility index (Phi) is 3.57. The van der Waals surface area contributed by atoms with Gasteiger partial charge in [0.05, 0.1) is 0 Å². The Morgan fingerprint density at radius 1 is 1.38 bits per heavy atom. The van der Waals surface area contributed by atoms with Crippen LogP contribution in [0.25, 0.3) is 0 Å². The van der Waals surface area contributed by atoms with Gasteiger partial charge in [0.15, 0.2) is 0 Å². The Hall–Kier alpha value is -2.04. The lowest BCUT2D eigenvalue weighted by Gasteiger charge is -2.36. The van der Waals surface area contributed by atoms with Gasteiger partial charge in [0.25, 0.3) is 5.91 Å². The predicted octanol–water partition coefficient (Wildman–Crippen LogP) is 1.98. The third-order valence-corrected chi connectivity index (χ3v) is 4.48. The van der Waals surface area contributed by atoms with Crippen LogP contribution in [-0.2, 0) is 11.2 Å². The van der Waals surface area contributed by atoms with E-state index in [-0.39, 0.29) is 5.91 Å². The van der Waals surface area contributed by atoms with Crippen molar-refractivity contribution in [2.24, 2.45) is 5.92 Å². The Balaban J connectivity index is 1.85. The third-order valence-electron chi connectivity index (χ3n) is 4.48. The quantitative estimate of drug-likeness (QED) is 0.873. The summed E-state index contributed by atoms with van der Waals surface area (Å²) < 4.78 is 0. The van der Waals surface area contributed by atoms with E-state index in [1.54, 1.807) is 0 Å². The first-order chi connectivity index (χ1) is 10.1. The number of fused-ring (bicyclic) bond motifs is 1. The number of carbonyl (C=O) groups is 2. The smallest absolute Gasteiger partial charge is 0.326 e. The molecule has 5 nitrogen and oxygen atoms in total. The van der Waals surface area contributed by atoms with Gasteiger partial charge in [0, 0.05) is 24.3 Å². The minimum absolute atomic E-state index is 0.175. The van der Waals surface area contributed by atoms with Gasteiger partial charge in [-0.25, -0.2) is 4.79 Å². The Morgan fingerprint density at radius 3 is 2.95 bits per heavy atom. The summed E-state index contributed by atoms with van der Waals surface area (Å²) in [4.78, 5) is 25.6. The number of nitrogens with zero attached hydrogens (tertiary/aromatic N) is 1. The van der Waals surface area contributed by atoms with E-state index in [9.17, 15) is 14.7 Å². The summed E-state index contributed by atoms with van der Waals surface area (Å²) in [6.45, 7) is 3.45. The zero-order chi connectivity index (χ0) is 15.0. The maximum atomic E-state index is 12.7. The van der Waals surface area contributed by atoms with Crippen LogP contribution in [-0.4, -0.2) is 41.0 Å². The molecule has 1 fully saturated rings. The van der Waals surface area contributed by atoms with E-state index < -0.39 is 12.0 Å². The minimum Gasteiger partial charge on any atom is -0.480 e. The van der Waals surface area contributed by atoms with Gasteiger partial charge in [0.1, 0.15) is 6.04 Å². The molecule has 1 amide bonds.